The van der Waals surface area contributed by atoms with Gasteiger partial charge in [0.25, 0.3) is 5.91 Å². The van der Waals surface area contributed by atoms with Crippen molar-refractivity contribution in [2.24, 2.45) is 0 Å². The second-order valence-electron chi connectivity index (χ2n) is 8.07. The first-order valence-electron chi connectivity index (χ1n) is 12.0. The van der Waals surface area contributed by atoms with Crippen LogP contribution in [0.5, 0.6) is 0 Å². The number of aromatic nitrogens is 3. The molecule has 0 aliphatic carbocycles. The van der Waals surface area contributed by atoms with Crippen LogP contribution in [-0.4, -0.2) is 64.1 Å². The highest BCUT2D eigenvalue weighted by molar-refractivity contribution is 7.17. The van der Waals surface area contributed by atoms with Crippen molar-refractivity contribution in [2.75, 3.05) is 37.6 Å². The number of imidazole rings is 1. The van der Waals surface area contributed by atoms with Crippen LogP contribution in [0.15, 0.2) is 49.2 Å². The van der Waals surface area contributed by atoms with E-state index >= 15 is 0 Å². The summed E-state index contributed by atoms with van der Waals surface area (Å²) >= 11 is 1.17. The van der Waals surface area contributed by atoms with Crippen LogP contribution in [0.3, 0.4) is 0 Å². The highest BCUT2D eigenvalue weighted by Crippen LogP contribution is 2.24. The predicted octanol–water partition coefficient (Wildman–Crippen LogP) is 3.09. The fourth-order valence-corrected chi connectivity index (χ4v) is 4.34. The van der Waals surface area contributed by atoms with Crippen molar-refractivity contribution in [1.29, 1.82) is 5.26 Å². The minimum atomic E-state index is -0.284. The van der Waals surface area contributed by atoms with Crippen molar-refractivity contribution in [1.82, 2.24) is 30.1 Å². The monoisotopic (exact) mass is 508 g/mol. The average Bonchev–Trinajstić information content (AvgIpc) is 3.60. The molecule has 0 aliphatic heterocycles. The number of urea groups is 1. The molecule has 190 valence electrons. The van der Waals surface area contributed by atoms with Crippen molar-refractivity contribution in [3.05, 3.63) is 65.2 Å². The molecule has 0 saturated carbocycles. The first-order valence-corrected chi connectivity index (χ1v) is 12.8. The number of thiazole rings is 1. The summed E-state index contributed by atoms with van der Waals surface area (Å²) in [5.74, 6) is -0.218. The molecule has 0 bridgehead atoms. The van der Waals surface area contributed by atoms with Crippen molar-refractivity contribution in [2.45, 2.75) is 33.4 Å². The molecule has 3 rings (SSSR count). The number of benzene rings is 1. The summed E-state index contributed by atoms with van der Waals surface area (Å²) in [5.41, 5.74) is 1.41. The van der Waals surface area contributed by atoms with Crippen LogP contribution in [0, 0.1) is 11.3 Å². The zero-order valence-electron chi connectivity index (χ0n) is 20.7. The minimum absolute atomic E-state index is 0.218. The van der Waals surface area contributed by atoms with Crippen molar-refractivity contribution in [3.8, 4) is 6.07 Å². The maximum Gasteiger partial charge on any atom is 0.324 e. The molecule has 0 fully saturated rings. The Labute approximate surface area is 215 Å². The normalized spacial score (nSPS) is 10.7. The SMILES string of the molecule is CCN(CC)CCNC(=O)N(Cc1ccc(C#N)cc1)c1ncc(C(=O)NCCCn2ccnc2)s1. The van der Waals surface area contributed by atoms with E-state index in [0.29, 0.717) is 28.7 Å². The van der Waals surface area contributed by atoms with Crippen LogP contribution in [-0.2, 0) is 13.1 Å². The van der Waals surface area contributed by atoms with Gasteiger partial charge in [0, 0.05) is 38.6 Å². The zero-order valence-corrected chi connectivity index (χ0v) is 21.5. The Bertz CT molecular complexity index is 1130. The van der Waals surface area contributed by atoms with Crippen LogP contribution in [0.1, 0.15) is 41.1 Å². The van der Waals surface area contributed by atoms with E-state index in [1.165, 1.54) is 22.4 Å². The number of nitriles is 1. The summed E-state index contributed by atoms with van der Waals surface area (Å²) in [4.78, 5) is 38.4. The second-order valence-corrected chi connectivity index (χ2v) is 9.08. The van der Waals surface area contributed by atoms with Gasteiger partial charge < -0.3 is 20.1 Å². The van der Waals surface area contributed by atoms with E-state index in [4.69, 9.17) is 5.26 Å². The number of carbonyl (C=O) groups excluding carboxylic acids is 2. The fourth-order valence-electron chi connectivity index (χ4n) is 3.51. The third-order valence-corrected chi connectivity index (χ3v) is 6.67. The van der Waals surface area contributed by atoms with Crippen LogP contribution >= 0.6 is 11.3 Å². The van der Waals surface area contributed by atoms with Gasteiger partial charge >= 0.3 is 6.03 Å². The molecule has 0 saturated heterocycles. The van der Waals surface area contributed by atoms with Gasteiger partial charge in [0.05, 0.1) is 30.7 Å². The molecule has 1 aromatic carbocycles. The molecule has 36 heavy (non-hydrogen) atoms. The van der Waals surface area contributed by atoms with E-state index in [1.54, 1.807) is 24.7 Å². The number of nitrogens with one attached hydrogen (secondary N) is 2. The van der Waals surface area contributed by atoms with Crippen molar-refractivity contribution < 1.29 is 9.59 Å². The highest BCUT2D eigenvalue weighted by atomic mass is 32.1. The molecule has 11 heteroatoms. The molecule has 2 aromatic heterocycles. The lowest BCUT2D eigenvalue weighted by Gasteiger charge is -2.22. The van der Waals surface area contributed by atoms with E-state index in [2.05, 4.69) is 45.4 Å². The first-order chi connectivity index (χ1) is 17.5. The summed E-state index contributed by atoms with van der Waals surface area (Å²) < 4.78 is 1.96. The van der Waals surface area contributed by atoms with Gasteiger partial charge in [-0.15, -0.1) is 0 Å². The molecule has 2 heterocycles. The van der Waals surface area contributed by atoms with E-state index in [1.807, 2.05) is 22.9 Å². The second kappa shape index (κ2) is 14.0. The van der Waals surface area contributed by atoms with Crippen molar-refractivity contribution >= 4 is 28.4 Å². The quantitative estimate of drug-likeness (QED) is 0.343. The standard InChI is InChI=1S/C25H32N8O2S/c1-3-31(4-2)15-12-29-24(35)33(18-21-8-6-20(16-26)7-9-21)25-30-17-22(36-25)23(34)28-10-5-13-32-14-11-27-19-32/h6-9,11,14,17,19H,3-5,10,12-13,15,18H2,1-2H3,(H,28,34)(H,29,35). The number of likely N-dealkylation sites (N-methyl/N-ethyl adjacent to an activating group) is 1. The zero-order chi connectivity index (χ0) is 25.8. The Morgan fingerprint density at radius 3 is 2.58 bits per heavy atom. The fraction of sp³-hybridized carbons (Fsp3) is 0.400. The topological polar surface area (TPSA) is 119 Å². The van der Waals surface area contributed by atoms with Crippen LogP contribution in [0.25, 0.3) is 0 Å². The van der Waals surface area contributed by atoms with Gasteiger partial charge in [0.2, 0.25) is 0 Å². The maximum atomic E-state index is 13.1. The van der Waals surface area contributed by atoms with Gasteiger partial charge in [-0.1, -0.05) is 37.3 Å². The number of aryl methyl sites for hydroxylation is 1. The smallest absolute Gasteiger partial charge is 0.324 e. The van der Waals surface area contributed by atoms with Gasteiger partial charge in [0.15, 0.2) is 5.13 Å². The number of carbonyl (C=O) groups is 2. The summed E-state index contributed by atoms with van der Waals surface area (Å²) in [5, 5.41) is 15.4. The van der Waals surface area contributed by atoms with E-state index in [0.717, 1.165) is 38.2 Å². The predicted molar refractivity (Wildman–Crippen MR) is 140 cm³/mol. The maximum absolute atomic E-state index is 13.1. The lowest BCUT2D eigenvalue weighted by molar-refractivity contribution is 0.0956. The van der Waals surface area contributed by atoms with Gasteiger partial charge in [-0.25, -0.2) is 14.8 Å². The summed E-state index contributed by atoms with van der Waals surface area (Å²) in [7, 11) is 0. The lowest BCUT2D eigenvalue weighted by atomic mass is 10.1. The van der Waals surface area contributed by atoms with Crippen LogP contribution in [0.2, 0.25) is 0 Å². The summed E-state index contributed by atoms with van der Waals surface area (Å²) in [6.07, 6.45) is 7.62. The van der Waals surface area contributed by atoms with Gasteiger partial charge in [0.1, 0.15) is 4.88 Å². The first kappa shape index (κ1) is 26.8. The molecular weight excluding hydrogens is 476 g/mol. The van der Waals surface area contributed by atoms with Crippen LogP contribution < -0.4 is 15.5 Å². The number of anilines is 1. The third kappa shape index (κ3) is 7.90. The number of hydrogen-bond acceptors (Lipinski definition) is 7. The number of nitrogens with zero attached hydrogens (tertiary/aromatic N) is 6. The Morgan fingerprint density at radius 1 is 1.14 bits per heavy atom. The van der Waals surface area contributed by atoms with Gasteiger partial charge in [-0.05, 0) is 37.2 Å². The lowest BCUT2D eigenvalue weighted by Crippen LogP contribution is -2.43. The minimum Gasteiger partial charge on any atom is -0.351 e. The Kier molecular flexibility index (Phi) is 10.4. The summed E-state index contributed by atoms with van der Waals surface area (Å²) in [6.45, 7) is 8.79. The molecule has 2 N–H and O–H groups in total. The molecule has 0 radical (unpaired) electrons. The molecular formula is C25H32N8O2S. The van der Waals surface area contributed by atoms with E-state index in [-0.39, 0.29) is 18.5 Å². The Morgan fingerprint density at radius 2 is 1.92 bits per heavy atom. The number of rotatable bonds is 13. The molecule has 0 atom stereocenters. The molecule has 3 aromatic rings. The molecule has 0 aliphatic rings. The largest absolute Gasteiger partial charge is 0.351 e. The van der Waals surface area contributed by atoms with Gasteiger partial charge in [-0.3, -0.25) is 9.69 Å². The summed E-state index contributed by atoms with van der Waals surface area (Å²) in [6, 6.07) is 8.88. The molecule has 10 nitrogen and oxygen atoms in total. The molecule has 3 amide bonds. The number of amides is 3. The molecule has 0 spiro atoms. The van der Waals surface area contributed by atoms with E-state index in [9.17, 15) is 9.59 Å². The average molecular weight is 509 g/mol. The number of hydrogen-bond donors (Lipinski definition) is 2. The molecule has 0 unspecified atom stereocenters. The van der Waals surface area contributed by atoms with E-state index < -0.39 is 0 Å². The van der Waals surface area contributed by atoms with Gasteiger partial charge in [-0.2, -0.15) is 5.26 Å². The Balaban J connectivity index is 1.64. The Hall–Kier alpha value is -3.75. The van der Waals surface area contributed by atoms with Crippen molar-refractivity contribution in [3.63, 3.8) is 0 Å². The highest BCUT2D eigenvalue weighted by Gasteiger charge is 2.21. The third-order valence-electron chi connectivity index (χ3n) is 5.65. The van der Waals surface area contributed by atoms with Crippen LogP contribution in [0.4, 0.5) is 9.93 Å².